The summed E-state index contributed by atoms with van der Waals surface area (Å²) in [6.45, 7) is 0.183. The van der Waals surface area contributed by atoms with Crippen LogP contribution in [0.15, 0.2) is 29.2 Å². The van der Waals surface area contributed by atoms with Crippen LogP contribution in [0.1, 0.15) is 10.4 Å². The van der Waals surface area contributed by atoms with E-state index in [9.17, 15) is 13.2 Å². The Labute approximate surface area is 111 Å². The molecular formula is C11H16N2O5S. The molecule has 0 unspecified atom stereocenters. The lowest BCUT2D eigenvalue weighted by molar-refractivity contribution is -0.0974. The molecule has 0 atom stereocenters. The smallest absolute Gasteiger partial charge is 0.251 e. The molecule has 0 radical (unpaired) electrons. The van der Waals surface area contributed by atoms with E-state index in [0.29, 0.717) is 5.56 Å². The van der Waals surface area contributed by atoms with E-state index in [2.05, 4.69) is 5.32 Å². The highest BCUT2D eigenvalue weighted by atomic mass is 32.2. The summed E-state index contributed by atoms with van der Waals surface area (Å²) in [6, 6.07) is 5.30. The van der Waals surface area contributed by atoms with Crippen LogP contribution in [0.2, 0.25) is 0 Å². The van der Waals surface area contributed by atoms with E-state index in [0.717, 1.165) is 0 Å². The van der Waals surface area contributed by atoms with Gasteiger partial charge in [-0.05, 0) is 24.3 Å². The predicted molar refractivity (Wildman–Crippen MR) is 68.0 cm³/mol. The van der Waals surface area contributed by atoms with Gasteiger partial charge in [0.2, 0.25) is 10.0 Å². The van der Waals surface area contributed by atoms with Crippen LogP contribution in [0.3, 0.4) is 0 Å². The van der Waals surface area contributed by atoms with E-state index in [1.807, 2.05) is 0 Å². The standard InChI is InChI=1S/C11H16N2O5S/c1-17-10(18-2)7-13-11(14)8-3-5-9(6-4-8)19(12,15)16/h3-6,10H,7H2,1-2H3,(H,13,14)(H2,12,15,16). The number of carbonyl (C=O) groups excluding carboxylic acids is 1. The Bertz CT molecular complexity index is 523. The van der Waals surface area contributed by atoms with E-state index in [1.165, 1.54) is 38.5 Å². The molecule has 0 saturated heterocycles. The molecule has 0 aliphatic carbocycles. The van der Waals surface area contributed by atoms with Crippen LogP contribution in [0, 0.1) is 0 Å². The molecule has 1 aromatic rings. The average Bonchev–Trinajstić information content (AvgIpc) is 2.39. The van der Waals surface area contributed by atoms with Crippen molar-refractivity contribution in [3.63, 3.8) is 0 Å². The topological polar surface area (TPSA) is 108 Å². The van der Waals surface area contributed by atoms with Crippen LogP contribution < -0.4 is 10.5 Å². The number of benzene rings is 1. The molecule has 0 aliphatic heterocycles. The van der Waals surface area contributed by atoms with Gasteiger partial charge in [0.1, 0.15) is 0 Å². The number of nitrogens with two attached hydrogens (primary N) is 1. The van der Waals surface area contributed by atoms with Gasteiger partial charge in [-0.2, -0.15) is 0 Å². The first-order valence-electron chi connectivity index (χ1n) is 5.35. The molecule has 8 heteroatoms. The van der Waals surface area contributed by atoms with Crippen molar-refractivity contribution >= 4 is 15.9 Å². The van der Waals surface area contributed by atoms with Gasteiger partial charge in [-0.25, -0.2) is 13.6 Å². The fourth-order valence-electron chi connectivity index (χ4n) is 1.34. The minimum absolute atomic E-state index is 0.0456. The SMILES string of the molecule is COC(CNC(=O)c1ccc(S(N)(=O)=O)cc1)OC. The van der Waals surface area contributed by atoms with Crippen LogP contribution in [0.4, 0.5) is 0 Å². The molecule has 7 nitrogen and oxygen atoms in total. The Morgan fingerprint density at radius 1 is 1.26 bits per heavy atom. The monoisotopic (exact) mass is 288 g/mol. The van der Waals surface area contributed by atoms with Crippen molar-refractivity contribution in [3.8, 4) is 0 Å². The highest BCUT2D eigenvalue weighted by Gasteiger charge is 2.12. The zero-order chi connectivity index (χ0) is 14.5. The minimum atomic E-state index is -3.75. The van der Waals surface area contributed by atoms with Crippen molar-refractivity contribution in [1.29, 1.82) is 0 Å². The summed E-state index contributed by atoms with van der Waals surface area (Å²) in [5, 5.41) is 7.55. The van der Waals surface area contributed by atoms with Crippen molar-refractivity contribution in [3.05, 3.63) is 29.8 Å². The third-order valence-electron chi connectivity index (χ3n) is 2.40. The predicted octanol–water partition coefficient (Wildman–Crippen LogP) is -0.317. The molecule has 1 rings (SSSR count). The number of ether oxygens (including phenoxy) is 2. The number of methoxy groups -OCH3 is 2. The molecule has 106 valence electrons. The summed E-state index contributed by atoms with van der Waals surface area (Å²) in [6.07, 6.45) is -0.535. The second-order valence-corrected chi connectivity index (χ2v) is 5.24. The van der Waals surface area contributed by atoms with Gasteiger partial charge < -0.3 is 14.8 Å². The number of nitrogens with one attached hydrogen (secondary N) is 1. The first-order chi connectivity index (χ1) is 8.88. The maximum atomic E-state index is 11.7. The zero-order valence-electron chi connectivity index (χ0n) is 10.6. The molecule has 0 aliphatic rings. The van der Waals surface area contributed by atoms with Gasteiger partial charge in [0.15, 0.2) is 6.29 Å². The third kappa shape index (κ3) is 4.60. The molecule has 3 N–H and O–H groups in total. The van der Waals surface area contributed by atoms with E-state index >= 15 is 0 Å². The van der Waals surface area contributed by atoms with Crippen molar-refractivity contribution in [2.75, 3.05) is 20.8 Å². The Morgan fingerprint density at radius 3 is 2.21 bits per heavy atom. The number of sulfonamides is 1. The van der Waals surface area contributed by atoms with E-state index in [-0.39, 0.29) is 17.3 Å². The normalized spacial score (nSPS) is 11.6. The fraction of sp³-hybridized carbons (Fsp3) is 0.364. The Kier molecular flexibility index (Phi) is 5.43. The number of primary sulfonamides is 1. The van der Waals surface area contributed by atoms with Crippen molar-refractivity contribution in [2.24, 2.45) is 5.14 Å². The maximum Gasteiger partial charge on any atom is 0.251 e. The van der Waals surface area contributed by atoms with Crippen LogP contribution in [0.5, 0.6) is 0 Å². The first-order valence-corrected chi connectivity index (χ1v) is 6.89. The minimum Gasteiger partial charge on any atom is -0.354 e. The van der Waals surface area contributed by atoms with E-state index in [4.69, 9.17) is 14.6 Å². The number of amides is 1. The fourth-order valence-corrected chi connectivity index (χ4v) is 1.85. The number of rotatable bonds is 6. The van der Waals surface area contributed by atoms with Crippen LogP contribution in [0.25, 0.3) is 0 Å². The molecule has 0 saturated carbocycles. The van der Waals surface area contributed by atoms with Crippen LogP contribution >= 0.6 is 0 Å². The number of carbonyl (C=O) groups is 1. The van der Waals surface area contributed by atoms with Gasteiger partial charge in [-0.15, -0.1) is 0 Å². The largest absolute Gasteiger partial charge is 0.354 e. The Hall–Kier alpha value is -1.48. The Morgan fingerprint density at radius 2 is 1.79 bits per heavy atom. The van der Waals surface area contributed by atoms with Crippen molar-refractivity contribution < 1.29 is 22.7 Å². The lowest BCUT2D eigenvalue weighted by Gasteiger charge is -2.14. The molecule has 0 fully saturated rings. The van der Waals surface area contributed by atoms with Crippen molar-refractivity contribution in [2.45, 2.75) is 11.2 Å². The lowest BCUT2D eigenvalue weighted by Crippen LogP contribution is -2.34. The summed E-state index contributed by atoms with van der Waals surface area (Å²) >= 11 is 0. The van der Waals surface area contributed by atoms with Gasteiger partial charge in [-0.3, -0.25) is 4.79 Å². The van der Waals surface area contributed by atoms with Gasteiger partial charge in [0, 0.05) is 19.8 Å². The molecule has 1 aromatic carbocycles. The first kappa shape index (κ1) is 15.6. The third-order valence-corrected chi connectivity index (χ3v) is 3.33. The summed E-state index contributed by atoms with van der Waals surface area (Å²) in [7, 11) is -0.832. The molecule has 0 bridgehead atoms. The second-order valence-electron chi connectivity index (χ2n) is 3.68. The van der Waals surface area contributed by atoms with Crippen LogP contribution in [-0.2, 0) is 19.5 Å². The molecule has 0 spiro atoms. The average molecular weight is 288 g/mol. The van der Waals surface area contributed by atoms with Gasteiger partial charge in [0.25, 0.3) is 5.91 Å². The van der Waals surface area contributed by atoms with Gasteiger partial charge in [0.05, 0.1) is 11.4 Å². The summed E-state index contributed by atoms with van der Waals surface area (Å²) in [5.74, 6) is -0.361. The molecular weight excluding hydrogens is 272 g/mol. The highest BCUT2D eigenvalue weighted by molar-refractivity contribution is 7.89. The molecule has 19 heavy (non-hydrogen) atoms. The summed E-state index contributed by atoms with van der Waals surface area (Å²) in [4.78, 5) is 11.7. The van der Waals surface area contributed by atoms with Gasteiger partial charge in [-0.1, -0.05) is 0 Å². The second kappa shape index (κ2) is 6.62. The van der Waals surface area contributed by atoms with E-state index < -0.39 is 16.3 Å². The molecule has 1 amide bonds. The zero-order valence-corrected chi connectivity index (χ0v) is 11.4. The summed E-state index contributed by atoms with van der Waals surface area (Å²) in [5.41, 5.74) is 0.318. The highest BCUT2D eigenvalue weighted by Crippen LogP contribution is 2.08. The number of hydrogen-bond donors (Lipinski definition) is 2. The summed E-state index contributed by atoms with van der Waals surface area (Å²) < 4.78 is 31.9. The van der Waals surface area contributed by atoms with E-state index in [1.54, 1.807) is 0 Å². The number of hydrogen-bond acceptors (Lipinski definition) is 5. The Balaban J connectivity index is 2.68. The molecule has 0 heterocycles. The molecule has 0 aromatic heterocycles. The van der Waals surface area contributed by atoms with Gasteiger partial charge >= 0.3 is 0 Å². The quantitative estimate of drug-likeness (QED) is 0.698. The lowest BCUT2D eigenvalue weighted by atomic mass is 10.2. The van der Waals surface area contributed by atoms with Crippen molar-refractivity contribution in [1.82, 2.24) is 5.32 Å². The maximum absolute atomic E-state index is 11.7. The van der Waals surface area contributed by atoms with Crippen LogP contribution in [-0.4, -0.2) is 41.4 Å².